The van der Waals surface area contributed by atoms with Gasteiger partial charge in [0.2, 0.25) is 5.91 Å². The molecule has 0 aromatic carbocycles. The molecule has 2 rings (SSSR count). The molecule has 1 saturated heterocycles. The fourth-order valence-corrected chi connectivity index (χ4v) is 3.27. The van der Waals surface area contributed by atoms with Crippen LogP contribution in [0.5, 0.6) is 0 Å². The normalized spacial score (nSPS) is 22.0. The number of nitrogens with one attached hydrogen (secondary N) is 1. The van der Waals surface area contributed by atoms with Gasteiger partial charge in [-0.2, -0.15) is 0 Å². The Hall–Kier alpha value is -0.570. The summed E-state index contributed by atoms with van der Waals surface area (Å²) in [6.07, 6.45) is 6.84. The standard InChI is InChI=1S/C17H32N2O/c1-13(2)8-11-19(16-4-5-16)17(20)12-14(3)15-6-9-18-10-7-15/h13-16,18H,4-12H2,1-3H3. The number of carbonyl (C=O) groups is 1. The van der Waals surface area contributed by atoms with E-state index >= 15 is 0 Å². The van der Waals surface area contributed by atoms with Gasteiger partial charge in [0.15, 0.2) is 0 Å². The third-order valence-electron chi connectivity index (χ3n) is 4.94. The van der Waals surface area contributed by atoms with Crippen LogP contribution in [-0.4, -0.2) is 36.5 Å². The Kier molecular flexibility index (Phi) is 5.88. The lowest BCUT2D eigenvalue weighted by molar-refractivity contribution is -0.133. The summed E-state index contributed by atoms with van der Waals surface area (Å²) < 4.78 is 0. The molecular weight excluding hydrogens is 248 g/mol. The van der Waals surface area contributed by atoms with Crippen LogP contribution in [0.1, 0.15) is 59.3 Å². The average molecular weight is 280 g/mol. The first-order valence-corrected chi connectivity index (χ1v) is 8.58. The average Bonchev–Trinajstić information content (AvgIpc) is 3.24. The van der Waals surface area contributed by atoms with E-state index in [-0.39, 0.29) is 0 Å². The fraction of sp³-hybridized carbons (Fsp3) is 0.941. The SMILES string of the molecule is CC(C)CCN(C(=O)CC(C)C1CCNCC1)C1CC1. The molecule has 1 N–H and O–H groups in total. The Labute approximate surface area is 124 Å². The molecule has 3 nitrogen and oxygen atoms in total. The molecule has 0 radical (unpaired) electrons. The Morgan fingerprint density at radius 2 is 1.80 bits per heavy atom. The van der Waals surface area contributed by atoms with E-state index < -0.39 is 0 Å². The highest BCUT2D eigenvalue weighted by atomic mass is 16.2. The number of hydrogen-bond donors (Lipinski definition) is 1. The monoisotopic (exact) mass is 280 g/mol. The quantitative estimate of drug-likeness (QED) is 0.777. The van der Waals surface area contributed by atoms with E-state index in [1.807, 2.05) is 0 Å². The molecule has 20 heavy (non-hydrogen) atoms. The van der Waals surface area contributed by atoms with Crippen molar-refractivity contribution in [2.45, 2.75) is 65.3 Å². The second-order valence-electron chi connectivity index (χ2n) is 7.27. The van der Waals surface area contributed by atoms with Gasteiger partial charge in [0.1, 0.15) is 0 Å². The van der Waals surface area contributed by atoms with Crippen LogP contribution in [0.3, 0.4) is 0 Å². The van der Waals surface area contributed by atoms with Gasteiger partial charge >= 0.3 is 0 Å². The van der Waals surface area contributed by atoms with E-state index in [0.717, 1.165) is 38.4 Å². The molecule has 3 heteroatoms. The van der Waals surface area contributed by atoms with Gasteiger partial charge in [-0.05, 0) is 62.9 Å². The highest BCUT2D eigenvalue weighted by Gasteiger charge is 2.33. The summed E-state index contributed by atoms with van der Waals surface area (Å²) in [6, 6.07) is 0.571. The van der Waals surface area contributed by atoms with Crippen LogP contribution in [0.15, 0.2) is 0 Å². The fourth-order valence-electron chi connectivity index (χ4n) is 3.27. The maximum atomic E-state index is 12.6. The van der Waals surface area contributed by atoms with Gasteiger partial charge in [0.25, 0.3) is 0 Å². The Balaban J connectivity index is 1.80. The van der Waals surface area contributed by atoms with E-state index in [1.54, 1.807) is 0 Å². The Morgan fingerprint density at radius 3 is 2.35 bits per heavy atom. The Morgan fingerprint density at radius 1 is 1.15 bits per heavy atom. The van der Waals surface area contributed by atoms with Crippen molar-refractivity contribution in [3.63, 3.8) is 0 Å². The summed E-state index contributed by atoms with van der Waals surface area (Å²) in [5.41, 5.74) is 0. The van der Waals surface area contributed by atoms with Crippen molar-refractivity contribution in [2.24, 2.45) is 17.8 Å². The van der Waals surface area contributed by atoms with E-state index in [2.05, 4.69) is 31.0 Å². The molecule has 0 bridgehead atoms. The van der Waals surface area contributed by atoms with Crippen molar-refractivity contribution in [3.8, 4) is 0 Å². The van der Waals surface area contributed by atoms with Crippen LogP contribution >= 0.6 is 0 Å². The molecule has 116 valence electrons. The van der Waals surface area contributed by atoms with Crippen LogP contribution in [0.25, 0.3) is 0 Å². The smallest absolute Gasteiger partial charge is 0.223 e. The predicted molar refractivity (Wildman–Crippen MR) is 83.6 cm³/mol. The maximum absolute atomic E-state index is 12.6. The van der Waals surface area contributed by atoms with Crippen LogP contribution in [0.2, 0.25) is 0 Å². The molecule has 1 heterocycles. The molecule has 0 spiro atoms. The van der Waals surface area contributed by atoms with Crippen LogP contribution < -0.4 is 5.32 Å². The second kappa shape index (κ2) is 7.44. The van der Waals surface area contributed by atoms with Gasteiger partial charge in [-0.1, -0.05) is 20.8 Å². The molecule has 1 saturated carbocycles. The minimum absolute atomic E-state index is 0.416. The molecule has 1 aliphatic carbocycles. The van der Waals surface area contributed by atoms with Gasteiger partial charge in [0.05, 0.1) is 0 Å². The van der Waals surface area contributed by atoms with Gasteiger partial charge in [-0.15, -0.1) is 0 Å². The zero-order chi connectivity index (χ0) is 14.5. The summed E-state index contributed by atoms with van der Waals surface area (Å²) in [5, 5.41) is 3.41. The largest absolute Gasteiger partial charge is 0.340 e. The molecule has 0 aromatic heterocycles. The Bertz CT molecular complexity index is 306. The number of nitrogens with zero attached hydrogens (tertiary/aromatic N) is 1. The minimum Gasteiger partial charge on any atom is -0.340 e. The van der Waals surface area contributed by atoms with E-state index in [9.17, 15) is 4.79 Å². The van der Waals surface area contributed by atoms with Crippen molar-refractivity contribution in [1.29, 1.82) is 0 Å². The zero-order valence-electron chi connectivity index (χ0n) is 13.5. The molecular formula is C17H32N2O. The van der Waals surface area contributed by atoms with Gasteiger partial charge < -0.3 is 10.2 Å². The van der Waals surface area contributed by atoms with E-state index in [4.69, 9.17) is 0 Å². The van der Waals surface area contributed by atoms with E-state index in [0.29, 0.717) is 23.8 Å². The number of carbonyl (C=O) groups excluding carboxylic acids is 1. The topological polar surface area (TPSA) is 32.3 Å². The molecule has 1 atom stereocenters. The first kappa shape index (κ1) is 15.8. The number of hydrogen-bond acceptors (Lipinski definition) is 2. The second-order valence-corrected chi connectivity index (χ2v) is 7.27. The first-order chi connectivity index (χ1) is 9.58. The number of rotatable bonds is 7. The summed E-state index contributed by atoms with van der Waals surface area (Å²) in [5.74, 6) is 2.39. The van der Waals surface area contributed by atoms with Crippen molar-refractivity contribution >= 4 is 5.91 Å². The van der Waals surface area contributed by atoms with Crippen LogP contribution in [0, 0.1) is 17.8 Å². The van der Waals surface area contributed by atoms with Gasteiger partial charge in [-0.3, -0.25) is 4.79 Å². The van der Waals surface area contributed by atoms with Crippen molar-refractivity contribution in [3.05, 3.63) is 0 Å². The summed E-state index contributed by atoms with van der Waals surface area (Å²) in [7, 11) is 0. The minimum atomic E-state index is 0.416. The van der Waals surface area contributed by atoms with Gasteiger partial charge in [0, 0.05) is 19.0 Å². The van der Waals surface area contributed by atoms with Crippen molar-refractivity contribution < 1.29 is 4.79 Å². The summed E-state index contributed by atoms with van der Waals surface area (Å²) >= 11 is 0. The highest BCUT2D eigenvalue weighted by Crippen LogP contribution is 2.30. The maximum Gasteiger partial charge on any atom is 0.223 e. The van der Waals surface area contributed by atoms with Crippen LogP contribution in [0.4, 0.5) is 0 Å². The lowest BCUT2D eigenvalue weighted by atomic mass is 9.84. The summed E-state index contributed by atoms with van der Waals surface area (Å²) in [4.78, 5) is 14.8. The molecule has 2 fully saturated rings. The third kappa shape index (κ3) is 4.76. The number of piperidine rings is 1. The predicted octanol–water partition coefficient (Wildman–Crippen LogP) is 3.05. The zero-order valence-corrected chi connectivity index (χ0v) is 13.5. The molecule has 1 unspecified atom stereocenters. The number of amides is 1. The van der Waals surface area contributed by atoms with E-state index in [1.165, 1.54) is 25.7 Å². The molecule has 2 aliphatic rings. The third-order valence-corrected chi connectivity index (χ3v) is 4.94. The molecule has 1 aliphatic heterocycles. The summed E-state index contributed by atoms with van der Waals surface area (Å²) in [6.45, 7) is 9.99. The lowest BCUT2D eigenvalue weighted by Gasteiger charge is -2.30. The first-order valence-electron chi connectivity index (χ1n) is 8.58. The van der Waals surface area contributed by atoms with Crippen LogP contribution in [-0.2, 0) is 4.79 Å². The lowest BCUT2D eigenvalue weighted by Crippen LogP contribution is -2.37. The molecule has 0 aromatic rings. The molecule has 1 amide bonds. The highest BCUT2D eigenvalue weighted by molar-refractivity contribution is 5.77. The van der Waals surface area contributed by atoms with Gasteiger partial charge in [-0.25, -0.2) is 0 Å². The van der Waals surface area contributed by atoms with Crippen molar-refractivity contribution in [1.82, 2.24) is 10.2 Å². The van der Waals surface area contributed by atoms with Crippen molar-refractivity contribution in [2.75, 3.05) is 19.6 Å².